The largest absolute Gasteiger partial charge is 0.493 e. The number of hydrogen-bond acceptors (Lipinski definition) is 7. The second kappa shape index (κ2) is 11.6. The molecule has 2 aromatic carbocycles. The van der Waals surface area contributed by atoms with E-state index < -0.39 is 23.9 Å². The van der Waals surface area contributed by atoms with Crippen LogP contribution in [0, 0.1) is 0 Å². The van der Waals surface area contributed by atoms with Crippen LogP contribution in [0.5, 0.6) is 11.5 Å². The molecule has 1 aliphatic heterocycles. The van der Waals surface area contributed by atoms with Crippen molar-refractivity contribution < 1.29 is 28.6 Å². The molecule has 0 unspecified atom stereocenters. The first-order valence-corrected chi connectivity index (χ1v) is 10.9. The summed E-state index contributed by atoms with van der Waals surface area (Å²) >= 11 is 12.1. The van der Waals surface area contributed by atoms with Crippen molar-refractivity contribution >= 4 is 47.3 Å². The van der Waals surface area contributed by atoms with Crippen molar-refractivity contribution in [3.8, 4) is 11.5 Å². The van der Waals surface area contributed by atoms with E-state index >= 15 is 0 Å². The van der Waals surface area contributed by atoms with E-state index in [1.54, 1.807) is 43.3 Å². The predicted octanol–water partition coefficient (Wildman–Crippen LogP) is 3.33. The van der Waals surface area contributed by atoms with Crippen LogP contribution in [-0.2, 0) is 14.3 Å². The number of nitrogens with one attached hydrogen (secondary N) is 3. The number of esters is 1. The fourth-order valence-electron chi connectivity index (χ4n) is 3.29. The molecular formula is C23H22Cl2N4O6. The molecule has 0 radical (unpaired) electrons. The standard InChI is InChI=1S/C23H22Cl2N4O6/c1-12-20(22(31)34-3)21(28-23(32)27-12)13-7-8-17(18(9-13)33-2)35-11-19(30)29-26-10-14-15(24)5-4-6-16(14)25/h4-10,21H,11H2,1-3H3,(H,29,30)(H2,27,28,32)/t21-/m1/s1. The number of ether oxygens (including phenoxy) is 3. The van der Waals surface area contributed by atoms with E-state index in [-0.39, 0.29) is 23.7 Å². The highest BCUT2D eigenvalue weighted by Crippen LogP contribution is 2.34. The molecule has 10 nitrogen and oxygen atoms in total. The number of carbonyl (C=O) groups excluding carboxylic acids is 3. The van der Waals surface area contributed by atoms with Crippen LogP contribution in [0.2, 0.25) is 10.0 Å². The lowest BCUT2D eigenvalue weighted by Gasteiger charge is -2.28. The number of methoxy groups -OCH3 is 2. The number of carbonyl (C=O) groups is 3. The highest BCUT2D eigenvalue weighted by Gasteiger charge is 2.32. The van der Waals surface area contributed by atoms with Gasteiger partial charge in [0.05, 0.1) is 42.1 Å². The zero-order valence-corrected chi connectivity index (χ0v) is 20.5. The number of urea groups is 1. The molecule has 35 heavy (non-hydrogen) atoms. The second-order valence-corrected chi connectivity index (χ2v) is 8.00. The Kier molecular flexibility index (Phi) is 8.56. The van der Waals surface area contributed by atoms with Crippen LogP contribution in [0.15, 0.2) is 52.8 Å². The lowest BCUT2D eigenvalue weighted by Crippen LogP contribution is -2.45. The number of nitrogens with zero attached hydrogens (tertiary/aromatic N) is 1. The third-order valence-corrected chi connectivity index (χ3v) is 5.60. The molecule has 184 valence electrons. The first kappa shape index (κ1) is 25.9. The molecule has 12 heteroatoms. The van der Waals surface area contributed by atoms with Crippen molar-refractivity contribution in [3.63, 3.8) is 0 Å². The van der Waals surface area contributed by atoms with E-state index in [1.807, 2.05) is 0 Å². The molecule has 0 saturated carbocycles. The first-order chi connectivity index (χ1) is 16.7. The van der Waals surface area contributed by atoms with Crippen molar-refractivity contribution in [1.82, 2.24) is 16.1 Å². The fourth-order valence-corrected chi connectivity index (χ4v) is 3.78. The quantitative estimate of drug-likeness (QED) is 0.278. The van der Waals surface area contributed by atoms with E-state index in [0.717, 1.165) is 0 Å². The van der Waals surface area contributed by atoms with Crippen molar-refractivity contribution in [2.45, 2.75) is 13.0 Å². The zero-order chi connectivity index (χ0) is 25.5. The van der Waals surface area contributed by atoms with E-state index in [0.29, 0.717) is 26.9 Å². The molecule has 0 spiro atoms. The van der Waals surface area contributed by atoms with Gasteiger partial charge in [-0.25, -0.2) is 15.0 Å². The van der Waals surface area contributed by atoms with Crippen LogP contribution < -0.4 is 25.5 Å². The van der Waals surface area contributed by atoms with Crippen LogP contribution in [0.4, 0.5) is 4.79 Å². The number of amides is 3. The summed E-state index contributed by atoms with van der Waals surface area (Å²) < 4.78 is 15.8. The average molecular weight is 521 g/mol. The fraction of sp³-hybridized carbons (Fsp3) is 0.217. The van der Waals surface area contributed by atoms with Crippen molar-refractivity contribution in [3.05, 3.63) is 68.8 Å². The lowest BCUT2D eigenvalue weighted by molar-refractivity contribution is -0.136. The predicted molar refractivity (Wildman–Crippen MR) is 130 cm³/mol. The van der Waals surface area contributed by atoms with Gasteiger partial charge in [-0.3, -0.25) is 4.79 Å². The van der Waals surface area contributed by atoms with Crippen LogP contribution >= 0.6 is 23.2 Å². The van der Waals surface area contributed by atoms with Crippen LogP contribution in [-0.4, -0.2) is 44.9 Å². The average Bonchev–Trinajstić information content (AvgIpc) is 2.83. The number of rotatable bonds is 8. The van der Waals surface area contributed by atoms with Crippen molar-refractivity contribution in [2.75, 3.05) is 20.8 Å². The molecule has 1 heterocycles. The molecule has 3 rings (SSSR count). The van der Waals surface area contributed by atoms with E-state index in [1.165, 1.54) is 20.4 Å². The van der Waals surface area contributed by atoms with E-state index in [9.17, 15) is 14.4 Å². The summed E-state index contributed by atoms with van der Waals surface area (Å²) in [5.41, 5.74) is 3.97. The lowest BCUT2D eigenvalue weighted by atomic mass is 9.95. The Morgan fingerprint density at radius 3 is 2.51 bits per heavy atom. The van der Waals surface area contributed by atoms with Crippen molar-refractivity contribution in [2.24, 2.45) is 5.10 Å². The molecule has 1 atom stereocenters. The summed E-state index contributed by atoms with van der Waals surface area (Å²) in [5.74, 6) is -0.566. The maximum absolute atomic E-state index is 12.3. The van der Waals surface area contributed by atoms with Gasteiger partial charge in [0.2, 0.25) is 0 Å². The Hall–Kier alpha value is -3.76. The van der Waals surface area contributed by atoms with Gasteiger partial charge in [-0.1, -0.05) is 35.3 Å². The number of allylic oxidation sites excluding steroid dienone is 1. The van der Waals surface area contributed by atoms with E-state index in [4.69, 9.17) is 37.4 Å². The topological polar surface area (TPSA) is 127 Å². The SMILES string of the molecule is COC(=O)C1=C(C)NC(=O)N[C@@H]1c1ccc(OCC(=O)NN=Cc2c(Cl)cccc2Cl)c(OC)c1. The summed E-state index contributed by atoms with van der Waals surface area (Å²) in [5, 5.41) is 9.86. The highest BCUT2D eigenvalue weighted by molar-refractivity contribution is 6.38. The molecule has 3 amide bonds. The van der Waals surface area contributed by atoms with Crippen molar-refractivity contribution in [1.29, 1.82) is 0 Å². The monoisotopic (exact) mass is 520 g/mol. The molecule has 0 fully saturated rings. The minimum absolute atomic E-state index is 0.249. The molecule has 3 N–H and O–H groups in total. The summed E-state index contributed by atoms with van der Waals surface area (Å²) in [6.45, 7) is 1.24. The molecule has 2 aromatic rings. The van der Waals surface area contributed by atoms with Gasteiger partial charge in [-0.15, -0.1) is 0 Å². The Labute approximate surface area is 211 Å². The summed E-state index contributed by atoms with van der Waals surface area (Å²) in [6.07, 6.45) is 1.33. The number of hydrazone groups is 1. The second-order valence-electron chi connectivity index (χ2n) is 7.19. The Morgan fingerprint density at radius 1 is 1.14 bits per heavy atom. The summed E-state index contributed by atoms with van der Waals surface area (Å²) in [7, 11) is 2.68. The Morgan fingerprint density at radius 2 is 1.86 bits per heavy atom. The number of halogens is 2. The summed E-state index contributed by atoms with van der Waals surface area (Å²) in [4.78, 5) is 36.4. The number of hydrogen-bond donors (Lipinski definition) is 3. The van der Waals surface area contributed by atoms with Crippen LogP contribution in [0.25, 0.3) is 0 Å². The highest BCUT2D eigenvalue weighted by atomic mass is 35.5. The van der Waals surface area contributed by atoms with Gasteiger partial charge in [-0.05, 0) is 36.8 Å². The van der Waals surface area contributed by atoms with Gasteiger partial charge >= 0.3 is 12.0 Å². The van der Waals surface area contributed by atoms with Gasteiger partial charge < -0.3 is 24.8 Å². The van der Waals surface area contributed by atoms with E-state index in [2.05, 4.69) is 21.2 Å². The van der Waals surface area contributed by atoms with Crippen LogP contribution in [0.3, 0.4) is 0 Å². The minimum Gasteiger partial charge on any atom is -0.493 e. The van der Waals surface area contributed by atoms with Gasteiger partial charge in [0.25, 0.3) is 5.91 Å². The maximum atomic E-state index is 12.3. The molecule has 0 bridgehead atoms. The van der Waals surface area contributed by atoms with Crippen LogP contribution in [0.1, 0.15) is 24.1 Å². The van der Waals surface area contributed by atoms with Gasteiger partial charge in [0.1, 0.15) is 0 Å². The molecule has 0 saturated heterocycles. The minimum atomic E-state index is -0.770. The Bertz CT molecular complexity index is 1190. The van der Waals surface area contributed by atoms with Gasteiger partial charge in [0.15, 0.2) is 18.1 Å². The smallest absolute Gasteiger partial charge is 0.337 e. The van der Waals surface area contributed by atoms with Gasteiger partial charge in [0, 0.05) is 11.3 Å². The Balaban J connectivity index is 1.70. The van der Waals surface area contributed by atoms with Gasteiger partial charge in [-0.2, -0.15) is 5.10 Å². The third-order valence-electron chi connectivity index (χ3n) is 4.94. The molecule has 1 aliphatic rings. The zero-order valence-electron chi connectivity index (χ0n) is 19.0. The number of benzene rings is 2. The molecule has 0 aromatic heterocycles. The molecule has 0 aliphatic carbocycles. The normalized spacial score (nSPS) is 15.3. The first-order valence-electron chi connectivity index (χ1n) is 10.2. The summed E-state index contributed by atoms with van der Waals surface area (Å²) in [6, 6.07) is 8.55. The maximum Gasteiger partial charge on any atom is 0.337 e. The third kappa shape index (κ3) is 6.23. The molecular weight excluding hydrogens is 499 g/mol.